The molecular formula is C22H40O6. The zero-order chi connectivity index (χ0) is 20.1. The highest BCUT2D eigenvalue weighted by Gasteiger charge is 2.04. The van der Waals surface area contributed by atoms with Crippen LogP contribution in [0.3, 0.4) is 0 Å². The van der Waals surface area contributed by atoms with Gasteiger partial charge in [-0.3, -0.25) is 9.59 Å². The van der Waals surface area contributed by atoms with E-state index in [1.165, 1.54) is 51.4 Å². The Labute approximate surface area is 170 Å². The van der Waals surface area contributed by atoms with Gasteiger partial charge in [0, 0.05) is 12.8 Å². The van der Waals surface area contributed by atoms with Crippen LogP contribution in [0.15, 0.2) is 0 Å². The molecule has 1 heterocycles. The Morgan fingerprint density at radius 1 is 0.393 bits per heavy atom. The van der Waals surface area contributed by atoms with Gasteiger partial charge in [-0.05, 0) is 12.8 Å². The van der Waals surface area contributed by atoms with E-state index < -0.39 is 0 Å². The van der Waals surface area contributed by atoms with E-state index in [2.05, 4.69) is 0 Å². The fourth-order valence-corrected chi connectivity index (χ4v) is 3.20. The molecule has 0 aromatic rings. The maximum atomic E-state index is 11.6. The first-order valence-electron chi connectivity index (χ1n) is 11.3. The van der Waals surface area contributed by atoms with Crippen LogP contribution in [0, 0.1) is 0 Å². The van der Waals surface area contributed by atoms with Crippen molar-refractivity contribution in [3.8, 4) is 0 Å². The predicted octanol–water partition coefficient (Wildman–Crippen LogP) is 4.58. The first kappa shape index (κ1) is 24.9. The summed E-state index contributed by atoms with van der Waals surface area (Å²) in [4.78, 5) is 23.3. The van der Waals surface area contributed by atoms with Crippen LogP contribution in [0.1, 0.15) is 89.9 Å². The number of hydrogen-bond donors (Lipinski definition) is 0. The highest BCUT2D eigenvalue weighted by atomic mass is 16.6. The maximum Gasteiger partial charge on any atom is 0.305 e. The normalized spacial score (nSPS) is 22.7. The fraction of sp³-hybridized carbons (Fsp3) is 0.909. The Morgan fingerprint density at radius 3 is 1.04 bits per heavy atom. The van der Waals surface area contributed by atoms with E-state index in [4.69, 9.17) is 18.9 Å². The Hall–Kier alpha value is -1.14. The summed E-state index contributed by atoms with van der Waals surface area (Å²) in [6.07, 6.45) is 15.1. The van der Waals surface area contributed by atoms with Gasteiger partial charge >= 0.3 is 11.9 Å². The summed E-state index contributed by atoms with van der Waals surface area (Å²) in [5, 5.41) is 0. The minimum absolute atomic E-state index is 0.136. The quantitative estimate of drug-likeness (QED) is 0.554. The number of hydrogen-bond acceptors (Lipinski definition) is 6. The summed E-state index contributed by atoms with van der Waals surface area (Å²) >= 11 is 0. The van der Waals surface area contributed by atoms with E-state index in [9.17, 15) is 9.59 Å². The maximum absolute atomic E-state index is 11.6. The molecule has 1 saturated heterocycles. The summed E-state index contributed by atoms with van der Waals surface area (Å²) < 4.78 is 21.0. The molecule has 1 rings (SSSR count). The number of rotatable bonds is 0. The molecule has 28 heavy (non-hydrogen) atoms. The monoisotopic (exact) mass is 400 g/mol. The molecule has 0 aliphatic carbocycles. The van der Waals surface area contributed by atoms with Gasteiger partial charge in [0.2, 0.25) is 0 Å². The molecule has 0 atom stereocenters. The molecule has 0 unspecified atom stereocenters. The van der Waals surface area contributed by atoms with E-state index in [0.717, 1.165) is 25.7 Å². The SMILES string of the molecule is O=C1CCCCCCCCCCCCCCC(=O)OCCOCCOCCO1. The number of carbonyl (C=O) groups excluding carboxylic acids is 2. The van der Waals surface area contributed by atoms with Gasteiger partial charge in [0.1, 0.15) is 13.2 Å². The van der Waals surface area contributed by atoms with Crippen molar-refractivity contribution in [1.82, 2.24) is 0 Å². The van der Waals surface area contributed by atoms with Crippen molar-refractivity contribution in [1.29, 1.82) is 0 Å². The Bertz CT molecular complexity index is 349. The van der Waals surface area contributed by atoms with Crippen LogP contribution in [-0.2, 0) is 28.5 Å². The largest absolute Gasteiger partial charge is 0.463 e. The molecule has 1 aliphatic heterocycles. The summed E-state index contributed by atoms with van der Waals surface area (Å²) in [5.41, 5.74) is 0. The molecule has 0 N–H and O–H groups in total. The lowest BCUT2D eigenvalue weighted by molar-refractivity contribution is -0.147. The van der Waals surface area contributed by atoms with Crippen molar-refractivity contribution < 1.29 is 28.5 Å². The van der Waals surface area contributed by atoms with Gasteiger partial charge in [0.25, 0.3) is 0 Å². The molecule has 164 valence electrons. The van der Waals surface area contributed by atoms with Crippen LogP contribution < -0.4 is 0 Å². The first-order valence-corrected chi connectivity index (χ1v) is 11.3. The van der Waals surface area contributed by atoms with Gasteiger partial charge in [-0.25, -0.2) is 0 Å². The van der Waals surface area contributed by atoms with Crippen LogP contribution >= 0.6 is 0 Å². The molecule has 0 aromatic carbocycles. The Morgan fingerprint density at radius 2 is 0.679 bits per heavy atom. The van der Waals surface area contributed by atoms with Crippen molar-refractivity contribution in [2.45, 2.75) is 89.9 Å². The van der Waals surface area contributed by atoms with Crippen LogP contribution in [0.4, 0.5) is 0 Å². The molecule has 0 radical (unpaired) electrons. The van der Waals surface area contributed by atoms with E-state index in [-0.39, 0.29) is 25.2 Å². The number of carbonyl (C=O) groups is 2. The number of cyclic esters (lactones) is 2. The molecule has 0 bridgehead atoms. The van der Waals surface area contributed by atoms with Gasteiger partial charge in [0.05, 0.1) is 26.4 Å². The van der Waals surface area contributed by atoms with E-state index >= 15 is 0 Å². The van der Waals surface area contributed by atoms with Gasteiger partial charge in [0.15, 0.2) is 0 Å². The highest BCUT2D eigenvalue weighted by Crippen LogP contribution is 2.13. The van der Waals surface area contributed by atoms with Gasteiger partial charge in [-0.1, -0.05) is 64.2 Å². The van der Waals surface area contributed by atoms with Crippen molar-refractivity contribution in [3.05, 3.63) is 0 Å². The average molecular weight is 401 g/mol. The molecule has 1 aliphatic rings. The Kier molecular flexibility index (Phi) is 17.1. The molecule has 0 amide bonds. The van der Waals surface area contributed by atoms with Crippen LogP contribution in [-0.4, -0.2) is 51.6 Å². The summed E-state index contributed by atoms with van der Waals surface area (Å²) in [5.74, 6) is -0.272. The summed E-state index contributed by atoms with van der Waals surface area (Å²) in [6, 6.07) is 0. The minimum atomic E-state index is -0.136. The van der Waals surface area contributed by atoms with Crippen molar-refractivity contribution in [2.75, 3.05) is 39.6 Å². The third-order valence-electron chi connectivity index (χ3n) is 4.87. The fourth-order valence-electron chi connectivity index (χ4n) is 3.20. The van der Waals surface area contributed by atoms with Gasteiger partial charge in [-0.15, -0.1) is 0 Å². The van der Waals surface area contributed by atoms with Crippen LogP contribution in [0.2, 0.25) is 0 Å². The lowest BCUT2D eigenvalue weighted by atomic mass is 10.0. The number of ether oxygens (including phenoxy) is 4. The van der Waals surface area contributed by atoms with Crippen molar-refractivity contribution in [2.24, 2.45) is 0 Å². The van der Waals surface area contributed by atoms with Gasteiger partial charge < -0.3 is 18.9 Å². The summed E-state index contributed by atoms with van der Waals surface area (Å²) in [7, 11) is 0. The second-order valence-corrected chi connectivity index (χ2v) is 7.41. The zero-order valence-electron chi connectivity index (χ0n) is 17.6. The Balaban J connectivity index is 2.14. The third kappa shape index (κ3) is 17.0. The van der Waals surface area contributed by atoms with Crippen molar-refractivity contribution >= 4 is 11.9 Å². The second-order valence-electron chi connectivity index (χ2n) is 7.41. The van der Waals surface area contributed by atoms with E-state index in [1.807, 2.05) is 0 Å². The number of esters is 2. The third-order valence-corrected chi connectivity index (χ3v) is 4.87. The molecule has 6 heteroatoms. The zero-order valence-corrected chi connectivity index (χ0v) is 17.6. The van der Waals surface area contributed by atoms with Crippen LogP contribution in [0.25, 0.3) is 0 Å². The lowest BCUT2D eigenvalue weighted by Gasteiger charge is -2.08. The molecule has 0 aromatic heterocycles. The van der Waals surface area contributed by atoms with Gasteiger partial charge in [-0.2, -0.15) is 0 Å². The molecule has 0 spiro atoms. The minimum Gasteiger partial charge on any atom is -0.463 e. The predicted molar refractivity (Wildman–Crippen MR) is 108 cm³/mol. The molecule has 0 saturated carbocycles. The van der Waals surface area contributed by atoms with E-state index in [0.29, 0.717) is 39.3 Å². The van der Waals surface area contributed by atoms with Crippen LogP contribution in [0.5, 0.6) is 0 Å². The smallest absolute Gasteiger partial charge is 0.305 e. The summed E-state index contributed by atoms with van der Waals surface area (Å²) in [6.45, 7) is 2.21. The molecule has 6 nitrogen and oxygen atoms in total. The molecule has 1 fully saturated rings. The highest BCUT2D eigenvalue weighted by molar-refractivity contribution is 5.69. The van der Waals surface area contributed by atoms with E-state index in [1.54, 1.807) is 0 Å². The lowest BCUT2D eigenvalue weighted by Crippen LogP contribution is -2.15. The topological polar surface area (TPSA) is 71.1 Å². The molecular weight excluding hydrogens is 360 g/mol. The van der Waals surface area contributed by atoms with Crippen molar-refractivity contribution in [3.63, 3.8) is 0 Å². The second kappa shape index (κ2) is 19.2. The standard InChI is InChI=1S/C22H40O6/c23-21-13-11-9-7-5-3-1-2-4-6-8-10-12-14-22(24)28-20-18-26-16-15-25-17-19-27-21/h1-20H2. The first-order chi connectivity index (χ1) is 13.8. The average Bonchev–Trinajstić information content (AvgIpc) is 2.69.